The largest absolute Gasteiger partial charge is 0.497 e. The van der Waals surface area contributed by atoms with Gasteiger partial charge in [0.25, 0.3) is 0 Å². The van der Waals surface area contributed by atoms with E-state index in [2.05, 4.69) is 6.92 Å². The molecule has 3 nitrogen and oxygen atoms in total. The van der Waals surface area contributed by atoms with Gasteiger partial charge in [-0.25, -0.2) is 0 Å². The number of nitrogens with two attached hydrogens (primary N) is 1. The summed E-state index contributed by atoms with van der Waals surface area (Å²) in [5.74, 6) is 1.59. The standard InChI is InChI=1S/C12H19NO2/c1-4-12(2,9-13)15-11-7-5-6-10(8-11)14-3/h5-8H,4,9,13H2,1-3H3. The highest BCUT2D eigenvalue weighted by Crippen LogP contribution is 2.24. The molecule has 0 aromatic heterocycles. The van der Waals surface area contributed by atoms with E-state index < -0.39 is 0 Å². The Balaban J connectivity index is 2.79. The fourth-order valence-electron chi connectivity index (χ4n) is 1.21. The van der Waals surface area contributed by atoms with Gasteiger partial charge in [0.2, 0.25) is 0 Å². The summed E-state index contributed by atoms with van der Waals surface area (Å²) in [4.78, 5) is 0. The van der Waals surface area contributed by atoms with Crippen LogP contribution >= 0.6 is 0 Å². The van der Waals surface area contributed by atoms with E-state index in [1.807, 2.05) is 31.2 Å². The van der Waals surface area contributed by atoms with E-state index in [-0.39, 0.29) is 5.60 Å². The fourth-order valence-corrected chi connectivity index (χ4v) is 1.21. The van der Waals surface area contributed by atoms with Crippen LogP contribution in [0.1, 0.15) is 20.3 Å². The Morgan fingerprint density at radius 3 is 2.53 bits per heavy atom. The third kappa shape index (κ3) is 3.13. The molecule has 1 unspecified atom stereocenters. The van der Waals surface area contributed by atoms with Crippen molar-refractivity contribution in [2.75, 3.05) is 13.7 Å². The van der Waals surface area contributed by atoms with Crippen molar-refractivity contribution in [1.82, 2.24) is 0 Å². The first-order valence-electron chi connectivity index (χ1n) is 5.16. The van der Waals surface area contributed by atoms with Crippen molar-refractivity contribution in [2.24, 2.45) is 5.73 Å². The SMILES string of the molecule is CCC(C)(CN)Oc1cccc(OC)c1. The van der Waals surface area contributed by atoms with Gasteiger partial charge in [-0.1, -0.05) is 13.0 Å². The molecule has 1 rings (SSSR count). The summed E-state index contributed by atoms with van der Waals surface area (Å²) in [5.41, 5.74) is 5.38. The lowest BCUT2D eigenvalue weighted by Gasteiger charge is -2.28. The van der Waals surface area contributed by atoms with Crippen molar-refractivity contribution >= 4 is 0 Å². The molecule has 3 heteroatoms. The Kier molecular flexibility index (Phi) is 3.97. The van der Waals surface area contributed by atoms with Gasteiger partial charge in [-0.2, -0.15) is 0 Å². The van der Waals surface area contributed by atoms with Crippen molar-refractivity contribution in [3.63, 3.8) is 0 Å². The lowest BCUT2D eigenvalue weighted by Crippen LogP contribution is -2.39. The highest BCUT2D eigenvalue weighted by atomic mass is 16.5. The average Bonchev–Trinajstić information content (AvgIpc) is 2.29. The molecule has 0 bridgehead atoms. The van der Waals surface area contributed by atoms with Crippen LogP contribution in [0.3, 0.4) is 0 Å². The van der Waals surface area contributed by atoms with Crippen LogP contribution in [0.15, 0.2) is 24.3 Å². The molecule has 15 heavy (non-hydrogen) atoms. The molecule has 1 aromatic carbocycles. The first kappa shape index (κ1) is 11.9. The van der Waals surface area contributed by atoms with Crippen molar-refractivity contribution in [2.45, 2.75) is 25.9 Å². The van der Waals surface area contributed by atoms with Gasteiger partial charge in [0, 0.05) is 12.6 Å². The van der Waals surface area contributed by atoms with Crippen LogP contribution < -0.4 is 15.2 Å². The van der Waals surface area contributed by atoms with Crippen LogP contribution in [0.5, 0.6) is 11.5 Å². The van der Waals surface area contributed by atoms with Crippen LogP contribution in [0.25, 0.3) is 0 Å². The van der Waals surface area contributed by atoms with E-state index in [4.69, 9.17) is 15.2 Å². The minimum absolute atomic E-state index is 0.299. The zero-order valence-corrected chi connectivity index (χ0v) is 9.62. The molecule has 0 saturated carbocycles. The summed E-state index contributed by atoms with van der Waals surface area (Å²) in [5, 5.41) is 0. The molecule has 0 saturated heterocycles. The van der Waals surface area contributed by atoms with Crippen LogP contribution in [0, 0.1) is 0 Å². The minimum Gasteiger partial charge on any atom is -0.497 e. The summed E-state index contributed by atoms with van der Waals surface area (Å²) in [6.45, 7) is 4.57. The lowest BCUT2D eigenvalue weighted by atomic mass is 10.0. The first-order valence-corrected chi connectivity index (χ1v) is 5.16. The summed E-state index contributed by atoms with van der Waals surface area (Å²) in [6, 6.07) is 7.56. The highest BCUT2D eigenvalue weighted by Gasteiger charge is 2.21. The maximum Gasteiger partial charge on any atom is 0.123 e. The molecule has 0 spiro atoms. The van der Waals surface area contributed by atoms with Gasteiger partial charge in [0.05, 0.1) is 7.11 Å². The Bertz CT molecular complexity index is 308. The smallest absolute Gasteiger partial charge is 0.123 e. The molecule has 0 aliphatic rings. The predicted molar refractivity (Wildman–Crippen MR) is 61.4 cm³/mol. The van der Waals surface area contributed by atoms with Gasteiger partial charge >= 0.3 is 0 Å². The highest BCUT2D eigenvalue weighted by molar-refractivity contribution is 5.33. The number of ether oxygens (including phenoxy) is 2. The molecule has 0 fully saturated rings. The van der Waals surface area contributed by atoms with E-state index in [9.17, 15) is 0 Å². The monoisotopic (exact) mass is 209 g/mol. The average molecular weight is 209 g/mol. The number of benzene rings is 1. The molecule has 0 radical (unpaired) electrons. The van der Waals surface area contributed by atoms with Gasteiger partial charge < -0.3 is 15.2 Å². The van der Waals surface area contributed by atoms with Crippen molar-refractivity contribution < 1.29 is 9.47 Å². The molecule has 2 N–H and O–H groups in total. The maximum atomic E-state index is 5.84. The maximum absolute atomic E-state index is 5.84. The minimum atomic E-state index is -0.299. The molecular weight excluding hydrogens is 190 g/mol. The van der Waals surface area contributed by atoms with Crippen LogP contribution in [0.2, 0.25) is 0 Å². The zero-order valence-electron chi connectivity index (χ0n) is 9.62. The second-order valence-electron chi connectivity index (χ2n) is 3.79. The normalized spacial score (nSPS) is 14.4. The first-order chi connectivity index (χ1) is 7.13. The van der Waals surface area contributed by atoms with Crippen molar-refractivity contribution in [3.05, 3.63) is 24.3 Å². The fraction of sp³-hybridized carbons (Fsp3) is 0.500. The molecule has 1 atom stereocenters. The van der Waals surface area contributed by atoms with E-state index >= 15 is 0 Å². The molecule has 0 aliphatic heterocycles. The quantitative estimate of drug-likeness (QED) is 0.808. The van der Waals surface area contributed by atoms with Crippen molar-refractivity contribution in [1.29, 1.82) is 0 Å². The summed E-state index contributed by atoms with van der Waals surface area (Å²) < 4.78 is 11.0. The summed E-state index contributed by atoms with van der Waals surface area (Å²) in [7, 11) is 1.64. The van der Waals surface area contributed by atoms with Crippen LogP contribution in [-0.2, 0) is 0 Å². The topological polar surface area (TPSA) is 44.5 Å². The number of hydrogen-bond acceptors (Lipinski definition) is 3. The van der Waals surface area contributed by atoms with E-state index in [1.54, 1.807) is 7.11 Å². The molecule has 1 aromatic rings. The number of methoxy groups -OCH3 is 1. The zero-order chi connectivity index (χ0) is 11.3. The Hall–Kier alpha value is -1.22. The second kappa shape index (κ2) is 5.03. The van der Waals surface area contributed by atoms with Crippen LogP contribution in [0.4, 0.5) is 0 Å². The lowest BCUT2D eigenvalue weighted by molar-refractivity contribution is 0.0932. The van der Waals surface area contributed by atoms with Gasteiger partial charge in [0.1, 0.15) is 17.1 Å². The number of hydrogen-bond donors (Lipinski definition) is 1. The van der Waals surface area contributed by atoms with Gasteiger partial charge in [-0.05, 0) is 25.5 Å². The Morgan fingerprint density at radius 1 is 1.33 bits per heavy atom. The van der Waals surface area contributed by atoms with Crippen molar-refractivity contribution in [3.8, 4) is 11.5 Å². The molecule has 0 heterocycles. The van der Waals surface area contributed by atoms with E-state index in [0.29, 0.717) is 6.54 Å². The summed E-state index contributed by atoms with van der Waals surface area (Å²) in [6.07, 6.45) is 0.876. The molecule has 0 amide bonds. The Morgan fingerprint density at radius 2 is 2.00 bits per heavy atom. The predicted octanol–water partition coefficient (Wildman–Crippen LogP) is 2.20. The third-order valence-corrected chi connectivity index (χ3v) is 2.59. The van der Waals surface area contributed by atoms with Crippen LogP contribution in [-0.4, -0.2) is 19.3 Å². The molecule has 84 valence electrons. The van der Waals surface area contributed by atoms with Gasteiger partial charge in [0.15, 0.2) is 0 Å². The molecular formula is C12H19NO2. The molecule has 0 aliphatic carbocycles. The van der Waals surface area contributed by atoms with E-state index in [0.717, 1.165) is 17.9 Å². The van der Waals surface area contributed by atoms with Gasteiger partial charge in [-0.3, -0.25) is 0 Å². The van der Waals surface area contributed by atoms with Gasteiger partial charge in [-0.15, -0.1) is 0 Å². The second-order valence-corrected chi connectivity index (χ2v) is 3.79. The number of rotatable bonds is 5. The van der Waals surface area contributed by atoms with E-state index in [1.165, 1.54) is 0 Å². The Labute approximate surface area is 91.2 Å². The third-order valence-electron chi connectivity index (χ3n) is 2.59. The summed E-state index contributed by atoms with van der Waals surface area (Å²) >= 11 is 0.